The van der Waals surface area contributed by atoms with Crippen LogP contribution in [0.25, 0.3) is 11.1 Å². The van der Waals surface area contributed by atoms with E-state index in [1.54, 1.807) is 13.8 Å². The Morgan fingerprint density at radius 2 is 1.55 bits per heavy atom. The van der Waals surface area contributed by atoms with Crippen molar-refractivity contribution in [2.45, 2.75) is 39.3 Å². The molecule has 1 aliphatic rings. The van der Waals surface area contributed by atoms with Gasteiger partial charge in [0, 0.05) is 12.5 Å². The molecule has 1 atom stereocenters. The minimum absolute atomic E-state index is 0.0792. The van der Waals surface area contributed by atoms with Crippen LogP contribution >= 0.6 is 0 Å². The molecule has 0 aliphatic heterocycles. The van der Waals surface area contributed by atoms with E-state index < -0.39 is 18.1 Å². The number of carbonyl (C=O) groups excluding carboxylic acids is 1. The maximum absolute atomic E-state index is 13.3. The van der Waals surface area contributed by atoms with E-state index in [2.05, 4.69) is 24.3 Å². The second-order valence-corrected chi connectivity index (χ2v) is 8.95. The van der Waals surface area contributed by atoms with Gasteiger partial charge in [-0.1, -0.05) is 92.2 Å². The summed E-state index contributed by atoms with van der Waals surface area (Å²) in [6.45, 7) is 5.91. The zero-order chi connectivity index (χ0) is 23.5. The van der Waals surface area contributed by atoms with Gasteiger partial charge in [0.05, 0.1) is 0 Å². The van der Waals surface area contributed by atoms with Crippen molar-refractivity contribution in [2.24, 2.45) is 5.92 Å². The first-order valence-corrected chi connectivity index (χ1v) is 11.3. The van der Waals surface area contributed by atoms with Crippen LogP contribution in [0.2, 0.25) is 0 Å². The fourth-order valence-corrected chi connectivity index (χ4v) is 4.74. The first-order chi connectivity index (χ1) is 15.9. The number of aliphatic carboxylic acids is 1. The van der Waals surface area contributed by atoms with Gasteiger partial charge >= 0.3 is 12.1 Å². The van der Waals surface area contributed by atoms with Crippen molar-refractivity contribution in [3.8, 4) is 11.1 Å². The van der Waals surface area contributed by atoms with Crippen LogP contribution in [0.15, 0.2) is 72.8 Å². The molecule has 1 N–H and O–H groups in total. The number of hydrogen-bond acceptors (Lipinski definition) is 3. The molecule has 0 spiro atoms. The number of rotatable bonds is 7. The number of fused-ring (bicyclic) bond motifs is 3. The van der Waals surface area contributed by atoms with E-state index in [0.717, 1.165) is 33.4 Å². The van der Waals surface area contributed by atoms with E-state index >= 15 is 0 Å². The predicted molar refractivity (Wildman–Crippen MR) is 128 cm³/mol. The smallest absolute Gasteiger partial charge is 0.410 e. The molecule has 1 aliphatic carbocycles. The summed E-state index contributed by atoms with van der Waals surface area (Å²) in [5, 5.41) is 9.89. The molecular formula is C28H29NO4. The van der Waals surface area contributed by atoms with Gasteiger partial charge in [0.2, 0.25) is 0 Å². The van der Waals surface area contributed by atoms with Gasteiger partial charge in [-0.3, -0.25) is 4.90 Å². The van der Waals surface area contributed by atoms with Gasteiger partial charge in [0.25, 0.3) is 0 Å². The van der Waals surface area contributed by atoms with Crippen LogP contribution in [0.3, 0.4) is 0 Å². The quantitative estimate of drug-likeness (QED) is 0.497. The van der Waals surface area contributed by atoms with Gasteiger partial charge in [-0.05, 0) is 40.7 Å². The SMILES string of the molecule is Cc1cccc(CN(C(=O)OCC2c3ccccc3-c3ccccc32)C(C(=O)O)C(C)C)c1. The molecule has 33 heavy (non-hydrogen) atoms. The van der Waals surface area contributed by atoms with E-state index in [9.17, 15) is 14.7 Å². The van der Waals surface area contributed by atoms with Crippen molar-refractivity contribution < 1.29 is 19.4 Å². The highest BCUT2D eigenvalue weighted by molar-refractivity contribution is 5.81. The summed E-state index contributed by atoms with van der Waals surface area (Å²) in [5.74, 6) is -1.39. The number of carbonyl (C=O) groups is 2. The molecule has 4 rings (SSSR count). The summed E-state index contributed by atoms with van der Waals surface area (Å²) in [7, 11) is 0. The molecule has 170 valence electrons. The van der Waals surface area contributed by atoms with E-state index in [-0.39, 0.29) is 25.0 Å². The minimum Gasteiger partial charge on any atom is -0.480 e. The number of benzene rings is 3. The molecule has 0 aromatic heterocycles. The Morgan fingerprint density at radius 1 is 0.939 bits per heavy atom. The fraction of sp³-hybridized carbons (Fsp3) is 0.286. The van der Waals surface area contributed by atoms with Crippen molar-refractivity contribution in [1.82, 2.24) is 4.90 Å². The lowest BCUT2D eigenvalue weighted by Crippen LogP contribution is -2.48. The van der Waals surface area contributed by atoms with Crippen LogP contribution in [0.1, 0.15) is 42.0 Å². The Bertz CT molecular complexity index is 1120. The average molecular weight is 444 g/mol. The Labute approximate surface area is 194 Å². The molecule has 0 bridgehead atoms. The maximum Gasteiger partial charge on any atom is 0.410 e. The van der Waals surface area contributed by atoms with E-state index in [1.807, 2.05) is 55.5 Å². The third-order valence-corrected chi connectivity index (χ3v) is 6.23. The van der Waals surface area contributed by atoms with Crippen LogP contribution in [0.4, 0.5) is 4.79 Å². The van der Waals surface area contributed by atoms with E-state index in [1.165, 1.54) is 4.90 Å². The summed E-state index contributed by atoms with van der Waals surface area (Å²) < 4.78 is 5.81. The van der Waals surface area contributed by atoms with Crippen LogP contribution in [0.5, 0.6) is 0 Å². The molecule has 3 aromatic carbocycles. The fourth-order valence-electron chi connectivity index (χ4n) is 4.74. The summed E-state index contributed by atoms with van der Waals surface area (Å²) in [6.07, 6.45) is -0.612. The zero-order valence-corrected chi connectivity index (χ0v) is 19.2. The molecule has 3 aromatic rings. The highest BCUT2D eigenvalue weighted by Crippen LogP contribution is 2.44. The lowest BCUT2D eigenvalue weighted by molar-refractivity contribution is -0.144. The van der Waals surface area contributed by atoms with Crippen LogP contribution < -0.4 is 0 Å². The molecule has 0 saturated carbocycles. The molecule has 5 heteroatoms. The molecule has 0 radical (unpaired) electrons. The van der Waals surface area contributed by atoms with Crippen molar-refractivity contribution in [2.75, 3.05) is 6.61 Å². The van der Waals surface area contributed by atoms with Gasteiger partial charge in [0.1, 0.15) is 12.6 Å². The van der Waals surface area contributed by atoms with Crippen molar-refractivity contribution in [3.63, 3.8) is 0 Å². The largest absolute Gasteiger partial charge is 0.480 e. The number of nitrogens with zero attached hydrogens (tertiary/aromatic N) is 1. The Kier molecular flexibility index (Phi) is 6.50. The summed E-state index contributed by atoms with van der Waals surface area (Å²) in [4.78, 5) is 26.7. The Morgan fingerprint density at radius 3 is 2.09 bits per heavy atom. The lowest BCUT2D eigenvalue weighted by atomic mass is 9.98. The van der Waals surface area contributed by atoms with Gasteiger partial charge in [0.15, 0.2) is 0 Å². The molecule has 1 amide bonds. The Balaban J connectivity index is 1.59. The van der Waals surface area contributed by atoms with Crippen LogP contribution in [-0.4, -0.2) is 34.7 Å². The molecule has 0 fully saturated rings. The second-order valence-electron chi connectivity index (χ2n) is 8.95. The van der Waals surface area contributed by atoms with E-state index in [4.69, 9.17) is 4.74 Å². The molecule has 0 saturated heterocycles. The predicted octanol–water partition coefficient (Wildman–Crippen LogP) is 5.86. The Hall–Kier alpha value is -3.60. The average Bonchev–Trinajstić information content (AvgIpc) is 3.10. The molecular weight excluding hydrogens is 414 g/mol. The highest BCUT2D eigenvalue weighted by atomic mass is 16.6. The monoisotopic (exact) mass is 443 g/mol. The van der Waals surface area contributed by atoms with Crippen molar-refractivity contribution in [3.05, 3.63) is 95.1 Å². The number of ether oxygens (including phenoxy) is 1. The van der Waals surface area contributed by atoms with Gasteiger partial charge < -0.3 is 9.84 Å². The number of carboxylic acid groups (broad SMARTS) is 1. The second kappa shape index (κ2) is 9.49. The number of amides is 1. The van der Waals surface area contributed by atoms with Crippen LogP contribution in [-0.2, 0) is 16.1 Å². The molecule has 1 unspecified atom stereocenters. The number of carboxylic acids is 1. The summed E-state index contributed by atoms with van der Waals surface area (Å²) in [6, 6.07) is 23.0. The number of hydrogen-bond donors (Lipinski definition) is 1. The first kappa shape index (κ1) is 22.6. The number of aryl methyl sites for hydroxylation is 1. The zero-order valence-electron chi connectivity index (χ0n) is 19.2. The normalized spacial score (nSPS) is 13.3. The summed E-state index contributed by atoms with van der Waals surface area (Å²) in [5.41, 5.74) is 6.46. The molecule has 0 heterocycles. The third kappa shape index (κ3) is 4.63. The highest BCUT2D eigenvalue weighted by Gasteiger charge is 2.35. The first-order valence-electron chi connectivity index (χ1n) is 11.3. The molecule has 5 nitrogen and oxygen atoms in total. The van der Waals surface area contributed by atoms with Crippen LogP contribution in [0, 0.1) is 12.8 Å². The summed E-state index contributed by atoms with van der Waals surface area (Å²) >= 11 is 0. The maximum atomic E-state index is 13.3. The lowest BCUT2D eigenvalue weighted by Gasteiger charge is -2.31. The van der Waals surface area contributed by atoms with Crippen molar-refractivity contribution in [1.29, 1.82) is 0 Å². The standard InChI is InChI=1S/C28H29NO4/c1-18(2)26(27(30)31)29(16-20-10-8-9-19(3)15-20)28(32)33-17-25-23-13-6-4-11-21(23)22-12-5-7-14-24(22)25/h4-15,18,25-26H,16-17H2,1-3H3,(H,30,31). The van der Waals surface area contributed by atoms with Gasteiger partial charge in [-0.2, -0.15) is 0 Å². The van der Waals surface area contributed by atoms with Gasteiger partial charge in [-0.15, -0.1) is 0 Å². The topological polar surface area (TPSA) is 66.8 Å². The van der Waals surface area contributed by atoms with E-state index in [0.29, 0.717) is 0 Å². The third-order valence-electron chi connectivity index (χ3n) is 6.23. The van der Waals surface area contributed by atoms with Gasteiger partial charge in [-0.25, -0.2) is 9.59 Å². The van der Waals surface area contributed by atoms with Crippen molar-refractivity contribution >= 4 is 12.1 Å². The minimum atomic E-state index is -1.04.